The Balaban J connectivity index is 0.00000420. The molecule has 0 saturated carbocycles. The van der Waals surface area contributed by atoms with Gasteiger partial charge in [-0.15, -0.1) is 35.3 Å². The first kappa shape index (κ1) is 25.8. The van der Waals surface area contributed by atoms with Crippen molar-refractivity contribution in [2.45, 2.75) is 23.7 Å². The summed E-state index contributed by atoms with van der Waals surface area (Å²) in [6.45, 7) is 4.10. The van der Waals surface area contributed by atoms with Crippen LogP contribution >= 0.6 is 35.3 Å². The van der Waals surface area contributed by atoms with Gasteiger partial charge in [0.05, 0.1) is 6.10 Å². The molecule has 162 valence electrons. The fraction of sp³-hybridized carbons (Fsp3) is 0.421. The van der Waals surface area contributed by atoms with Gasteiger partial charge in [-0.3, -0.25) is 4.99 Å². The lowest BCUT2D eigenvalue weighted by atomic mass is 10.1. The Labute approximate surface area is 194 Å². The Hall–Kier alpha value is -1.21. The van der Waals surface area contributed by atoms with E-state index in [1.807, 2.05) is 25.1 Å². The Morgan fingerprint density at radius 1 is 1.10 bits per heavy atom. The third-order valence-corrected chi connectivity index (χ3v) is 6.80. The summed E-state index contributed by atoms with van der Waals surface area (Å²) in [5.74, 6) is 0.631. The van der Waals surface area contributed by atoms with E-state index in [0.29, 0.717) is 29.9 Å². The summed E-state index contributed by atoms with van der Waals surface area (Å²) in [7, 11) is -1.75. The van der Waals surface area contributed by atoms with Gasteiger partial charge in [-0.25, -0.2) is 13.1 Å². The molecule has 1 atom stereocenters. The predicted octanol–water partition coefficient (Wildman–Crippen LogP) is 2.98. The van der Waals surface area contributed by atoms with Crippen LogP contribution in [0.2, 0.25) is 0 Å². The quantitative estimate of drug-likeness (QED) is 0.173. The number of benzene rings is 1. The zero-order valence-corrected chi connectivity index (χ0v) is 20.6. The highest BCUT2D eigenvalue weighted by Gasteiger charge is 2.13. The van der Waals surface area contributed by atoms with Gasteiger partial charge in [0.1, 0.15) is 4.21 Å². The molecule has 1 aromatic carbocycles. The van der Waals surface area contributed by atoms with Crippen LogP contribution in [0.5, 0.6) is 0 Å². The smallest absolute Gasteiger partial charge is 0.250 e. The van der Waals surface area contributed by atoms with Crippen LogP contribution < -0.4 is 15.4 Å². The number of halogens is 1. The molecule has 2 rings (SSSR count). The second-order valence-electron chi connectivity index (χ2n) is 6.03. The normalized spacial score (nSPS) is 12.8. The lowest BCUT2D eigenvalue weighted by molar-refractivity contribution is 0.0646. The Morgan fingerprint density at radius 2 is 1.83 bits per heavy atom. The van der Waals surface area contributed by atoms with Gasteiger partial charge in [0.25, 0.3) is 0 Å². The summed E-state index contributed by atoms with van der Waals surface area (Å²) in [5, 5.41) is 8.02. The van der Waals surface area contributed by atoms with Crippen molar-refractivity contribution >= 4 is 51.3 Å². The van der Waals surface area contributed by atoms with Crippen molar-refractivity contribution in [1.82, 2.24) is 15.4 Å². The molecule has 0 amide bonds. The highest BCUT2D eigenvalue weighted by atomic mass is 127. The van der Waals surface area contributed by atoms with E-state index in [4.69, 9.17) is 4.74 Å². The van der Waals surface area contributed by atoms with Crippen LogP contribution in [0.3, 0.4) is 0 Å². The Bertz CT molecular complexity index is 815. The number of aliphatic imine (C=N–C) groups is 1. The number of guanidine groups is 1. The maximum atomic E-state index is 12.0. The molecule has 7 nitrogen and oxygen atoms in total. The summed E-state index contributed by atoms with van der Waals surface area (Å²) in [5.41, 5.74) is 1.16. The lowest BCUT2D eigenvalue weighted by Gasteiger charge is -2.15. The summed E-state index contributed by atoms with van der Waals surface area (Å²) >= 11 is 1.20. The fourth-order valence-corrected chi connectivity index (χ4v) is 4.50. The number of hydrogen-bond donors (Lipinski definition) is 3. The van der Waals surface area contributed by atoms with E-state index >= 15 is 0 Å². The largest absolute Gasteiger partial charge is 0.374 e. The average molecular weight is 553 g/mol. The van der Waals surface area contributed by atoms with Gasteiger partial charge < -0.3 is 15.4 Å². The first-order valence-corrected chi connectivity index (χ1v) is 11.5. The van der Waals surface area contributed by atoms with E-state index in [-0.39, 0.29) is 36.6 Å². The molecule has 1 heterocycles. The van der Waals surface area contributed by atoms with Crippen molar-refractivity contribution in [3.05, 3.63) is 53.4 Å². The van der Waals surface area contributed by atoms with Crippen LogP contribution in [0.1, 0.15) is 25.0 Å². The average Bonchev–Trinajstić information content (AvgIpc) is 3.25. The summed E-state index contributed by atoms with van der Waals surface area (Å²) in [4.78, 5) is 4.13. The summed E-state index contributed by atoms with van der Waals surface area (Å²) < 4.78 is 32.8. The van der Waals surface area contributed by atoms with Crippen molar-refractivity contribution in [1.29, 1.82) is 0 Å². The SMILES string of the molecule is CN=C(NCCCOC(C)c1ccccc1)NCCNS(=O)(=O)c1cccs1.I. The zero-order chi connectivity index (χ0) is 20.2. The van der Waals surface area contributed by atoms with Crippen molar-refractivity contribution in [2.24, 2.45) is 4.99 Å². The number of thiophene rings is 1. The van der Waals surface area contributed by atoms with Gasteiger partial charge in [0.15, 0.2) is 5.96 Å². The second kappa shape index (κ2) is 13.9. The molecule has 0 aliphatic carbocycles. The molecule has 29 heavy (non-hydrogen) atoms. The van der Waals surface area contributed by atoms with E-state index in [9.17, 15) is 8.42 Å². The third-order valence-electron chi connectivity index (χ3n) is 3.94. The third kappa shape index (κ3) is 9.43. The van der Waals surface area contributed by atoms with Crippen LogP contribution in [0.4, 0.5) is 0 Å². The van der Waals surface area contributed by atoms with Crippen molar-refractivity contribution in [3.63, 3.8) is 0 Å². The Morgan fingerprint density at radius 3 is 2.48 bits per heavy atom. The first-order valence-electron chi connectivity index (χ1n) is 9.17. The topological polar surface area (TPSA) is 91.8 Å². The minimum Gasteiger partial charge on any atom is -0.374 e. The maximum absolute atomic E-state index is 12.0. The zero-order valence-electron chi connectivity index (χ0n) is 16.6. The number of ether oxygens (including phenoxy) is 1. The van der Waals surface area contributed by atoms with Crippen molar-refractivity contribution < 1.29 is 13.2 Å². The van der Waals surface area contributed by atoms with Crippen molar-refractivity contribution in [3.8, 4) is 0 Å². The standard InChI is InChI=1S/C19H28N4O3S2.HI/c1-16(17-8-4-3-5-9-17)26-14-7-11-21-19(20-2)22-12-13-23-28(24,25)18-10-6-15-27-18;/h3-6,8-10,15-16,23H,7,11-14H2,1-2H3,(H2,20,21,22);1H. The number of rotatable bonds is 11. The highest BCUT2D eigenvalue weighted by molar-refractivity contribution is 14.0. The van der Waals surface area contributed by atoms with E-state index in [0.717, 1.165) is 12.0 Å². The molecule has 1 aromatic heterocycles. The van der Waals surface area contributed by atoms with E-state index in [1.54, 1.807) is 24.6 Å². The van der Waals surface area contributed by atoms with E-state index in [2.05, 4.69) is 32.5 Å². The van der Waals surface area contributed by atoms with Crippen LogP contribution in [-0.2, 0) is 14.8 Å². The van der Waals surface area contributed by atoms with Crippen molar-refractivity contribution in [2.75, 3.05) is 33.3 Å². The van der Waals surface area contributed by atoms with Gasteiger partial charge in [-0.1, -0.05) is 36.4 Å². The van der Waals surface area contributed by atoms with Crippen LogP contribution in [0.25, 0.3) is 0 Å². The molecule has 0 spiro atoms. The molecule has 10 heteroatoms. The molecule has 0 aliphatic heterocycles. The molecular weight excluding hydrogens is 523 g/mol. The molecule has 2 aromatic rings. The molecular formula is C19H29IN4O3S2. The minimum absolute atomic E-state index is 0. The highest BCUT2D eigenvalue weighted by Crippen LogP contribution is 2.16. The summed E-state index contributed by atoms with van der Waals surface area (Å²) in [6, 6.07) is 13.4. The maximum Gasteiger partial charge on any atom is 0.250 e. The van der Waals surface area contributed by atoms with Crippen LogP contribution in [0.15, 0.2) is 57.0 Å². The molecule has 0 fully saturated rings. The minimum atomic E-state index is -3.43. The van der Waals surface area contributed by atoms with E-state index < -0.39 is 10.0 Å². The molecule has 0 radical (unpaired) electrons. The molecule has 0 bridgehead atoms. The van der Waals surface area contributed by atoms with Crippen LogP contribution in [-0.4, -0.2) is 47.7 Å². The molecule has 0 saturated heterocycles. The fourth-order valence-electron chi connectivity index (χ4n) is 2.43. The van der Waals surface area contributed by atoms with Gasteiger partial charge in [0.2, 0.25) is 10.0 Å². The van der Waals surface area contributed by atoms with Gasteiger partial charge in [-0.05, 0) is 30.4 Å². The Kier molecular flexibility index (Phi) is 12.4. The molecule has 0 aliphatic rings. The monoisotopic (exact) mass is 552 g/mol. The van der Waals surface area contributed by atoms with E-state index in [1.165, 1.54) is 11.3 Å². The summed E-state index contributed by atoms with van der Waals surface area (Å²) in [6.07, 6.45) is 0.901. The number of sulfonamides is 1. The van der Waals surface area contributed by atoms with Gasteiger partial charge >= 0.3 is 0 Å². The number of hydrogen-bond acceptors (Lipinski definition) is 5. The first-order chi connectivity index (χ1) is 13.5. The predicted molar refractivity (Wildman–Crippen MR) is 130 cm³/mol. The van der Waals surface area contributed by atoms with Gasteiger partial charge in [0, 0.05) is 33.3 Å². The number of nitrogens with one attached hydrogen (secondary N) is 3. The van der Waals surface area contributed by atoms with Crippen LogP contribution in [0, 0.1) is 0 Å². The van der Waals surface area contributed by atoms with Gasteiger partial charge in [-0.2, -0.15) is 0 Å². The number of nitrogens with zero attached hydrogens (tertiary/aromatic N) is 1. The second-order valence-corrected chi connectivity index (χ2v) is 8.97. The lowest BCUT2D eigenvalue weighted by Crippen LogP contribution is -2.41. The molecule has 3 N–H and O–H groups in total. The molecule has 1 unspecified atom stereocenters.